The van der Waals surface area contributed by atoms with Crippen molar-refractivity contribution in [1.82, 2.24) is 10.2 Å². The maximum atomic E-state index is 11.9. The first-order chi connectivity index (χ1) is 11.9. The summed E-state index contributed by atoms with van der Waals surface area (Å²) in [6, 6.07) is 0.0137. The minimum Gasteiger partial charge on any atom is -0.388 e. The van der Waals surface area contributed by atoms with E-state index in [9.17, 15) is 9.90 Å². The third-order valence-electron chi connectivity index (χ3n) is 5.16. The Morgan fingerprint density at radius 2 is 2.08 bits per heavy atom. The minimum atomic E-state index is -0.727. The van der Waals surface area contributed by atoms with Gasteiger partial charge in [0.25, 0.3) is 0 Å². The largest absolute Gasteiger partial charge is 0.388 e. The standard InChI is InChI=1S/C21H38N2O2/c1-5-6-15-20(24)23(4)17-12-8-11-16-21(3,25)18(2)22-19-13-9-7-10-14-19/h9,13-14,18,22,25H,5-8,10-12,15-17H2,1-4H3. The van der Waals surface area contributed by atoms with Gasteiger partial charge in [0, 0.05) is 25.7 Å². The Morgan fingerprint density at radius 3 is 2.72 bits per heavy atom. The van der Waals surface area contributed by atoms with Crippen molar-refractivity contribution in [3.63, 3.8) is 0 Å². The maximum absolute atomic E-state index is 11.9. The number of amides is 1. The van der Waals surface area contributed by atoms with Crippen molar-refractivity contribution in [1.29, 1.82) is 0 Å². The number of allylic oxidation sites excluding steroid dienone is 3. The molecular weight excluding hydrogens is 312 g/mol. The van der Waals surface area contributed by atoms with Gasteiger partial charge in [0.05, 0.1) is 11.6 Å². The third kappa shape index (κ3) is 8.57. The summed E-state index contributed by atoms with van der Waals surface area (Å²) in [6.07, 6.45) is 15.1. The van der Waals surface area contributed by atoms with Gasteiger partial charge in [-0.25, -0.2) is 0 Å². The van der Waals surface area contributed by atoms with Gasteiger partial charge in [-0.2, -0.15) is 0 Å². The predicted molar refractivity (Wildman–Crippen MR) is 105 cm³/mol. The molecule has 1 amide bonds. The average molecular weight is 351 g/mol. The van der Waals surface area contributed by atoms with Gasteiger partial charge < -0.3 is 15.3 Å². The molecule has 0 bridgehead atoms. The van der Waals surface area contributed by atoms with Crippen LogP contribution in [0.2, 0.25) is 0 Å². The lowest BCUT2D eigenvalue weighted by Gasteiger charge is -2.32. The van der Waals surface area contributed by atoms with Crippen LogP contribution in [0.1, 0.15) is 78.6 Å². The number of hydrogen-bond donors (Lipinski definition) is 2. The van der Waals surface area contributed by atoms with Crippen LogP contribution >= 0.6 is 0 Å². The number of aliphatic hydroxyl groups is 1. The van der Waals surface area contributed by atoms with E-state index in [0.29, 0.717) is 6.42 Å². The molecule has 2 unspecified atom stereocenters. The maximum Gasteiger partial charge on any atom is 0.222 e. The van der Waals surface area contributed by atoms with E-state index in [4.69, 9.17) is 0 Å². The number of hydrogen-bond acceptors (Lipinski definition) is 3. The lowest BCUT2D eigenvalue weighted by molar-refractivity contribution is -0.130. The topological polar surface area (TPSA) is 52.6 Å². The highest BCUT2D eigenvalue weighted by Gasteiger charge is 2.27. The summed E-state index contributed by atoms with van der Waals surface area (Å²) in [5.41, 5.74) is 0.390. The molecule has 2 atom stereocenters. The minimum absolute atomic E-state index is 0.0137. The summed E-state index contributed by atoms with van der Waals surface area (Å²) in [5, 5.41) is 14.2. The second kappa shape index (κ2) is 11.3. The van der Waals surface area contributed by atoms with Crippen LogP contribution in [0.3, 0.4) is 0 Å². The number of nitrogens with one attached hydrogen (secondary N) is 1. The van der Waals surface area contributed by atoms with Crippen LogP contribution in [0.5, 0.6) is 0 Å². The van der Waals surface area contributed by atoms with Gasteiger partial charge in [0.1, 0.15) is 0 Å². The Bertz CT molecular complexity index is 455. The van der Waals surface area contributed by atoms with Crippen LogP contribution in [-0.2, 0) is 4.79 Å². The SMILES string of the molecule is CCCCC(=O)N(C)CCCCCC(C)(O)C(C)NC1=CCCC=C1. The van der Waals surface area contributed by atoms with Crippen LogP contribution in [0.4, 0.5) is 0 Å². The van der Waals surface area contributed by atoms with Gasteiger partial charge in [-0.3, -0.25) is 4.79 Å². The molecule has 0 saturated carbocycles. The summed E-state index contributed by atoms with van der Waals surface area (Å²) in [7, 11) is 1.89. The van der Waals surface area contributed by atoms with Crippen LogP contribution in [0.25, 0.3) is 0 Å². The normalized spacial score (nSPS) is 17.6. The van der Waals surface area contributed by atoms with E-state index in [1.165, 1.54) is 0 Å². The van der Waals surface area contributed by atoms with Crippen molar-refractivity contribution in [2.45, 2.75) is 90.2 Å². The third-order valence-corrected chi connectivity index (χ3v) is 5.16. The van der Waals surface area contributed by atoms with Gasteiger partial charge in [0.2, 0.25) is 5.91 Å². The summed E-state index contributed by atoms with van der Waals surface area (Å²) >= 11 is 0. The van der Waals surface area contributed by atoms with Crippen LogP contribution in [-0.4, -0.2) is 41.1 Å². The molecule has 2 N–H and O–H groups in total. The number of rotatable bonds is 12. The molecule has 144 valence electrons. The van der Waals surface area contributed by atoms with E-state index < -0.39 is 5.60 Å². The van der Waals surface area contributed by atoms with E-state index in [0.717, 1.165) is 63.6 Å². The first-order valence-corrected chi connectivity index (χ1v) is 9.96. The Hall–Kier alpha value is -1.29. The number of nitrogens with zero attached hydrogens (tertiary/aromatic N) is 1. The van der Waals surface area contributed by atoms with E-state index in [-0.39, 0.29) is 11.9 Å². The monoisotopic (exact) mass is 350 g/mol. The molecular formula is C21H38N2O2. The highest BCUT2D eigenvalue weighted by molar-refractivity contribution is 5.75. The second-order valence-electron chi connectivity index (χ2n) is 7.59. The van der Waals surface area contributed by atoms with E-state index in [1.807, 2.05) is 25.8 Å². The van der Waals surface area contributed by atoms with Crippen molar-refractivity contribution in [3.8, 4) is 0 Å². The van der Waals surface area contributed by atoms with Gasteiger partial charge in [-0.1, -0.05) is 38.3 Å². The fourth-order valence-electron chi connectivity index (χ4n) is 2.99. The zero-order valence-corrected chi connectivity index (χ0v) is 16.7. The second-order valence-corrected chi connectivity index (χ2v) is 7.59. The fourth-order valence-corrected chi connectivity index (χ4v) is 2.99. The lowest BCUT2D eigenvalue weighted by atomic mass is 9.90. The Labute approximate surface area is 154 Å². The van der Waals surface area contributed by atoms with Crippen molar-refractivity contribution in [2.75, 3.05) is 13.6 Å². The molecule has 1 aliphatic carbocycles. The Morgan fingerprint density at radius 1 is 1.32 bits per heavy atom. The molecule has 0 aromatic rings. The zero-order valence-electron chi connectivity index (χ0n) is 16.7. The molecule has 0 heterocycles. The number of unbranched alkanes of at least 4 members (excludes halogenated alkanes) is 3. The van der Waals surface area contributed by atoms with Crippen molar-refractivity contribution >= 4 is 5.91 Å². The highest BCUT2D eigenvalue weighted by atomic mass is 16.3. The molecule has 4 heteroatoms. The highest BCUT2D eigenvalue weighted by Crippen LogP contribution is 2.20. The van der Waals surface area contributed by atoms with Crippen LogP contribution in [0, 0.1) is 0 Å². The summed E-state index contributed by atoms with van der Waals surface area (Å²) < 4.78 is 0. The summed E-state index contributed by atoms with van der Waals surface area (Å²) in [5.74, 6) is 0.250. The van der Waals surface area contributed by atoms with Gasteiger partial charge in [-0.15, -0.1) is 0 Å². The molecule has 0 aromatic heterocycles. The average Bonchev–Trinajstić information content (AvgIpc) is 2.59. The van der Waals surface area contributed by atoms with E-state index in [2.05, 4.69) is 30.5 Å². The first-order valence-electron chi connectivity index (χ1n) is 9.96. The van der Waals surface area contributed by atoms with Crippen molar-refractivity contribution in [3.05, 3.63) is 23.9 Å². The lowest BCUT2D eigenvalue weighted by Crippen LogP contribution is -2.46. The number of carbonyl (C=O) groups excluding carboxylic acids is 1. The Balaban J connectivity index is 2.21. The van der Waals surface area contributed by atoms with Crippen molar-refractivity contribution < 1.29 is 9.90 Å². The van der Waals surface area contributed by atoms with Gasteiger partial charge in [0.15, 0.2) is 0 Å². The van der Waals surface area contributed by atoms with Gasteiger partial charge >= 0.3 is 0 Å². The first kappa shape index (κ1) is 21.8. The zero-order chi connectivity index (χ0) is 18.7. The molecule has 0 aromatic carbocycles. The molecule has 0 radical (unpaired) electrons. The number of carbonyl (C=O) groups is 1. The van der Waals surface area contributed by atoms with Crippen LogP contribution < -0.4 is 5.32 Å². The molecule has 0 saturated heterocycles. The molecule has 1 aliphatic rings. The summed E-state index contributed by atoms with van der Waals surface area (Å²) in [6.45, 7) is 6.88. The smallest absolute Gasteiger partial charge is 0.222 e. The fraction of sp³-hybridized carbons (Fsp3) is 0.762. The predicted octanol–water partition coefficient (Wildman–Crippen LogP) is 4.16. The van der Waals surface area contributed by atoms with Gasteiger partial charge in [-0.05, 0) is 52.0 Å². The molecule has 0 fully saturated rings. The molecule has 4 nitrogen and oxygen atoms in total. The van der Waals surface area contributed by atoms with Crippen LogP contribution in [0.15, 0.2) is 23.9 Å². The molecule has 0 spiro atoms. The summed E-state index contributed by atoms with van der Waals surface area (Å²) in [4.78, 5) is 13.7. The molecule has 0 aliphatic heterocycles. The van der Waals surface area contributed by atoms with E-state index >= 15 is 0 Å². The van der Waals surface area contributed by atoms with Crippen molar-refractivity contribution in [2.24, 2.45) is 0 Å². The van der Waals surface area contributed by atoms with E-state index in [1.54, 1.807) is 0 Å². The Kier molecular flexibility index (Phi) is 9.88. The molecule has 25 heavy (non-hydrogen) atoms. The quantitative estimate of drug-likeness (QED) is 0.520. The molecule has 1 rings (SSSR count).